The van der Waals surface area contributed by atoms with E-state index < -0.39 is 16.8 Å². The second-order valence-electron chi connectivity index (χ2n) is 3.87. The van der Waals surface area contributed by atoms with Gasteiger partial charge in [-0.1, -0.05) is 48.0 Å². The highest BCUT2D eigenvalue weighted by Gasteiger charge is 2.34. The molecule has 0 fully saturated rings. The van der Waals surface area contributed by atoms with Crippen LogP contribution >= 0.6 is 11.6 Å². The molecule has 0 aliphatic heterocycles. The molecule has 0 bridgehead atoms. The van der Waals surface area contributed by atoms with Gasteiger partial charge in [0.25, 0.3) is 0 Å². The molecule has 5 heteroatoms. The predicted octanol–water partition coefficient (Wildman–Crippen LogP) is 4.84. The van der Waals surface area contributed by atoms with Crippen LogP contribution < -0.4 is 0 Å². The maximum atomic E-state index is 12.8. The lowest BCUT2D eigenvalue weighted by atomic mass is 9.98. The highest BCUT2D eigenvalue weighted by Crippen LogP contribution is 2.40. The lowest BCUT2D eigenvalue weighted by Gasteiger charge is -2.13. The number of hydrogen-bond donors (Lipinski definition) is 0. The van der Waals surface area contributed by atoms with Gasteiger partial charge in [-0.3, -0.25) is 4.79 Å². The Morgan fingerprint density at radius 3 is 2.21 bits per heavy atom. The molecule has 0 saturated heterocycles. The quantitative estimate of drug-likeness (QED) is 0.721. The van der Waals surface area contributed by atoms with Gasteiger partial charge in [-0.15, -0.1) is 0 Å². The van der Waals surface area contributed by atoms with Gasteiger partial charge in [-0.25, -0.2) is 0 Å². The van der Waals surface area contributed by atoms with E-state index in [0.717, 1.165) is 6.07 Å². The van der Waals surface area contributed by atoms with Crippen LogP contribution in [-0.2, 0) is 6.18 Å². The summed E-state index contributed by atoms with van der Waals surface area (Å²) in [7, 11) is 0. The van der Waals surface area contributed by atoms with Crippen molar-refractivity contribution < 1.29 is 18.0 Å². The second kappa shape index (κ2) is 5.05. The molecule has 0 spiro atoms. The van der Waals surface area contributed by atoms with E-state index in [1.165, 1.54) is 18.2 Å². The fraction of sp³-hybridized carbons (Fsp3) is 0.0714. The summed E-state index contributed by atoms with van der Waals surface area (Å²) in [6.07, 6.45) is -3.94. The molecule has 98 valence electrons. The number of rotatable bonds is 2. The summed E-state index contributed by atoms with van der Waals surface area (Å²) in [6, 6.07) is 10.00. The largest absolute Gasteiger partial charge is 0.417 e. The minimum atomic E-state index is -4.52. The molecule has 19 heavy (non-hydrogen) atoms. The summed E-state index contributed by atoms with van der Waals surface area (Å²) in [5, 5.41) is -0.399. The summed E-state index contributed by atoms with van der Waals surface area (Å²) < 4.78 is 38.3. The molecule has 1 nitrogen and oxygen atoms in total. The second-order valence-corrected chi connectivity index (χ2v) is 4.25. The molecule has 0 unspecified atom stereocenters. The van der Waals surface area contributed by atoms with Crippen LogP contribution in [0.5, 0.6) is 0 Å². The van der Waals surface area contributed by atoms with E-state index in [1.54, 1.807) is 18.2 Å². The van der Waals surface area contributed by atoms with E-state index in [-0.39, 0.29) is 5.56 Å². The first kappa shape index (κ1) is 13.6. The third-order valence-corrected chi connectivity index (χ3v) is 3.09. The van der Waals surface area contributed by atoms with Gasteiger partial charge >= 0.3 is 6.18 Å². The van der Waals surface area contributed by atoms with Crippen molar-refractivity contribution in [2.45, 2.75) is 6.18 Å². The normalized spacial score (nSPS) is 11.4. The SMILES string of the molecule is O=Cc1ccccc1-c1cccc(C(F)(F)F)c1Cl. The molecule has 0 N–H and O–H groups in total. The molecule has 0 aliphatic carbocycles. The summed E-state index contributed by atoms with van der Waals surface area (Å²) in [5.41, 5.74) is -0.0381. The molecular formula is C14H8ClF3O. The first-order chi connectivity index (χ1) is 8.95. The molecule has 2 aromatic carbocycles. The van der Waals surface area contributed by atoms with E-state index in [9.17, 15) is 18.0 Å². The predicted molar refractivity (Wildman–Crippen MR) is 67.3 cm³/mol. The number of carbonyl (C=O) groups excluding carboxylic acids is 1. The molecule has 0 aromatic heterocycles. The number of hydrogen-bond acceptors (Lipinski definition) is 1. The number of alkyl halides is 3. The maximum absolute atomic E-state index is 12.8. The fourth-order valence-corrected chi connectivity index (χ4v) is 2.14. The van der Waals surface area contributed by atoms with Crippen molar-refractivity contribution in [2.75, 3.05) is 0 Å². The molecule has 2 rings (SSSR count). The summed E-state index contributed by atoms with van der Waals surface area (Å²) >= 11 is 5.82. The highest BCUT2D eigenvalue weighted by atomic mass is 35.5. The average Bonchev–Trinajstić information content (AvgIpc) is 2.37. The van der Waals surface area contributed by atoms with E-state index in [4.69, 9.17) is 11.6 Å². The number of benzene rings is 2. The Labute approximate surface area is 112 Å². The lowest BCUT2D eigenvalue weighted by Crippen LogP contribution is -2.06. The molecule has 2 aromatic rings. The van der Waals surface area contributed by atoms with Crippen molar-refractivity contribution in [3.8, 4) is 11.1 Å². The van der Waals surface area contributed by atoms with Crippen molar-refractivity contribution in [1.29, 1.82) is 0 Å². The van der Waals surface area contributed by atoms with Crippen molar-refractivity contribution in [2.24, 2.45) is 0 Å². The van der Waals surface area contributed by atoms with Gasteiger partial charge in [0, 0.05) is 11.1 Å². The van der Waals surface area contributed by atoms with E-state index in [2.05, 4.69) is 0 Å². The Bertz CT molecular complexity index is 620. The molecule has 0 saturated carbocycles. The molecule has 0 amide bonds. The van der Waals surface area contributed by atoms with Gasteiger partial charge in [-0.05, 0) is 11.6 Å². The van der Waals surface area contributed by atoms with Crippen LogP contribution in [0.15, 0.2) is 42.5 Å². The zero-order valence-corrected chi connectivity index (χ0v) is 10.3. The Kier molecular flexibility index (Phi) is 3.62. The lowest BCUT2D eigenvalue weighted by molar-refractivity contribution is -0.137. The fourth-order valence-electron chi connectivity index (χ4n) is 1.80. The van der Waals surface area contributed by atoms with Crippen LogP contribution in [0.1, 0.15) is 15.9 Å². The van der Waals surface area contributed by atoms with Crippen molar-refractivity contribution >= 4 is 17.9 Å². The van der Waals surface area contributed by atoms with E-state index in [1.807, 2.05) is 0 Å². The van der Waals surface area contributed by atoms with Gasteiger partial charge in [-0.2, -0.15) is 13.2 Å². The van der Waals surface area contributed by atoms with Gasteiger partial charge < -0.3 is 0 Å². The molecule has 0 heterocycles. The summed E-state index contributed by atoms with van der Waals surface area (Å²) in [6.45, 7) is 0. The zero-order chi connectivity index (χ0) is 14.0. The maximum Gasteiger partial charge on any atom is 0.417 e. The Morgan fingerprint density at radius 2 is 1.58 bits per heavy atom. The zero-order valence-electron chi connectivity index (χ0n) is 9.54. The van der Waals surface area contributed by atoms with Crippen molar-refractivity contribution in [3.63, 3.8) is 0 Å². The molecule has 0 aliphatic rings. The standard InChI is InChI=1S/C14H8ClF3O/c15-13-11(6-3-7-12(13)14(16,17)18)10-5-2-1-4-9(10)8-19/h1-8H. The highest BCUT2D eigenvalue weighted by molar-refractivity contribution is 6.34. The van der Waals surface area contributed by atoms with Gasteiger partial charge in [0.05, 0.1) is 10.6 Å². The van der Waals surface area contributed by atoms with Crippen molar-refractivity contribution in [1.82, 2.24) is 0 Å². The molecule has 0 radical (unpaired) electrons. The monoisotopic (exact) mass is 284 g/mol. The van der Waals surface area contributed by atoms with Crippen LogP contribution in [0.25, 0.3) is 11.1 Å². The van der Waals surface area contributed by atoms with Crippen molar-refractivity contribution in [3.05, 3.63) is 58.6 Å². The minimum Gasteiger partial charge on any atom is -0.298 e. The molecular weight excluding hydrogens is 277 g/mol. The average molecular weight is 285 g/mol. The Balaban J connectivity index is 2.67. The Hall–Kier alpha value is -1.81. The van der Waals surface area contributed by atoms with Gasteiger partial charge in [0.2, 0.25) is 0 Å². The van der Waals surface area contributed by atoms with Crippen LogP contribution in [0, 0.1) is 0 Å². The van der Waals surface area contributed by atoms with Gasteiger partial charge in [0.1, 0.15) is 0 Å². The van der Waals surface area contributed by atoms with E-state index >= 15 is 0 Å². The molecule has 0 atom stereocenters. The minimum absolute atomic E-state index is 0.194. The van der Waals surface area contributed by atoms with Crippen LogP contribution in [-0.4, -0.2) is 6.29 Å². The Morgan fingerprint density at radius 1 is 0.947 bits per heavy atom. The topological polar surface area (TPSA) is 17.1 Å². The third kappa shape index (κ3) is 2.63. The van der Waals surface area contributed by atoms with Crippen LogP contribution in [0.3, 0.4) is 0 Å². The number of carbonyl (C=O) groups is 1. The van der Waals surface area contributed by atoms with Crippen LogP contribution in [0.2, 0.25) is 5.02 Å². The summed E-state index contributed by atoms with van der Waals surface area (Å²) in [5.74, 6) is 0. The summed E-state index contributed by atoms with van der Waals surface area (Å²) in [4.78, 5) is 10.9. The van der Waals surface area contributed by atoms with E-state index in [0.29, 0.717) is 17.4 Å². The number of aldehydes is 1. The van der Waals surface area contributed by atoms with Gasteiger partial charge in [0.15, 0.2) is 6.29 Å². The third-order valence-electron chi connectivity index (χ3n) is 2.68. The first-order valence-electron chi connectivity index (χ1n) is 5.35. The first-order valence-corrected chi connectivity index (χ1v) is 5.73. The number of halogens is 4. The smallest absolute Gasteiger partial charge is 0.298 e. The van der Waals surface area contributed by atoms with Crippen LogP contribution in [0.4, 0.5) is 13.2 Å².